The number of hydrogen-bond acceptors (Lipinski definition) is 6. The second-order valence-electron chi connectivity index (χ2n) is 8.24. The molecule has 3 aromatic rings. The van der Waals surface area contributed by atoms with Gasteiger partial charge in [-0.2, -0.15) is 0 Å². The minimum absolute atomic E-state index is 0.380. The smallest absolute Gasteiger partial charge is 0.346 e. The fraction of sp³-hybridized carbons (Fsp3) is 0.346. The topological polar surface area (TPSA) is 67.1 Å². The van der Waals surface area contributed by atoms with E-state index in [-0.39, 0.29) is 0 Å². The van der Waals surface area contributed by atoms with E-state index in [1.165, 1.54) is 0 Å². The van der Waals surface area contributed by atoms with Crippen LogP contribution in [0.4, 0.5) is 0 Å². The van der Waals surface area contributed by atoms with Crippen LogP contribution in [0.3, 0.4) is 0 Å². The van der Waals surface area contributed by atoms with E-state index in [1.54, 1.807) is 14.2 Å². The van der Waals surface area contributed by atoms with Gasteiger partial charge >= 0.3 is 5.63 Å². The highest BCUT2D eigenvalue weighted by atomic mass is 16.7. The van der Waals surface area contributed by atoms with Crippen molar-refractivity contribution in [2.24, 2.45) is 0 Å². The Morgan fingerprint density at radius 1 is 1.06 bits per heavy atom. The molecular weight excluding hydrogens is 408 g/mol. The summed E-state index contributed by atoms with van der Waals surface area (Å²) in [5.74, 6) is 1.39. The summed E-state index contributed by atoms with van der Waals surface area (Å²) in [4.78, 5) is 13.2. The fourth-order valence-electron chi connectivity index (χ4n) is 4.61. The molecule has 0 aliphatic carbocycles. The summed E-state index contributed by atoms with van der Waals surface area (Å²) >= 11 is 0. The third-order valence-electron chi connectivity index (χ3n) is 6.20. The lowest BCUT2D eigenvalue weighted by atomic mass is 9.85. The summed E-state index contributed by atoms with van der Waals surface area (Å²) in [5, 5.41) is 0. The van der Waals surface area contributed by atoms with Gasteiger partial charge < -0.3 is 23.4 Å². The molecule has 2 aromatic carbocycles. The lowest BCUT2D eigenvalue weighted by molar-refractivity contribution is -0.233. The molecule has 0 N–H and O–H groups in total. The summed E-state index contributed by atoms with van der Waals surface area (Å²) in [7, 11) is 3.21. The van der Waals surface area contributed by atoms with Gasteiger partial charge in [0.05, 0.1) is 14.2 Å². The summed E-state index contributed by atoms with van der Waals surface area (Å²) in [5.41, 5.74) is 2.64. The molecule has 3 heterocycles. The predicted molar refractivity (Wildman–Crippen MR) is 119 cm³/mol. The molecule has 166 valence electrons. The zero-order valence-corrected chi connectivity index (χ0v) is 18.5. The lowest BCUT2D eigenvalue weighted by Crippen LogP contribution is -2.50. The van der Waals surface area contributed by atoms with Gasteiger partial charge in [-0.1, -0.05) is 43.7 Å². The van der Waals surface area contributed by atoms with E-state index < -0.39 is 17.5 Å². The van der Waals surface area contributed by atoms with Crippen LogP contribution < -0.4 is 19.8 Å². The summed E-state index contributed by atoms with van der Waals surface area (Å²) in [6, 6.07) is 15.2. The van der Waals surface area contributed by atoms with Gasteiger partial charge in [0.15, 0.2) is 11.5 Å². The van der Waals surface area contributed by atoms with Crippen molar-refractivity contribution in [2.75, 3.05) is 14.2 Å². The average Bonchev–Trinajstić information content (AvgIpc) is 2.82. The van der Waals surface area contributed by atoms with Gasteiger partial charge in [-0.05, 0) is 29.7 Å². The van der Waals surface area contributed by atoms with Crippen molar-refractivity contribution < 1.29 is 23.4 Å². The van der Waals surface area contributed by atoms with Crippen LogP contribution in [0.1, 0.15) is 49.0 Å². The highest BCUT2D eigenvalue weighted by Crippen LogP contribution is 2.51. The van der Waals surface area contributed by atoms with Gasteiger partial charge in [0.1, 0.15) is 23.2 Å². The molecule has 6 heteroatoms. The molecule has 2 aliphatic rings. The van der Waals surface area contributed by atoms with Crippen molar-refractivity contribution in [3.8, 4) is 28.6 Å². The fourth-order valence-corrected chi connectivity index (χ4v) is 4.61. The van der Waals surface area contributed by atoms with E-state index in [4.69, 9.17) is 23.4 Å². The molecule has 0 saturated carbocycles. The molecule has 0 spiro atoms. The van der Waals surface area contributed by atoms with Crippen LogP contribution in [-0.2, 0) is 11.2 Å². The maximum Gasteiger partial charge on any atom is 0.346 e. The first-order valence-corrected chi connectivity index (χ1v) is 10.9. The Kier molecular flexibility index (Phi) is 5.18. The molecule has 0 saturated heterocycles. The molecule has 2 aliphatic heterocycles. The maximum atomic E-state index is 13.2. The molecule has 0 unspecified atom stereocenters. The first kappa shape index (κ1) is 20.6. The molecule has 2 bridgehead atoms. The number of hydrogen-bond donors (Lipinski definition) is 0. The highest BCUT2D eigenvalue weighted by molar-refractivity contribution is 5.61. The Morgan fingerprint density at radius 2 is 1.81 bits per heavy atom. The molecule has 2 atom stereocenters. The summed E-state index contributed by atoms with van der Waals surface area (Å²) in [6.45, 7) is 2.14. The highest BCUT2D eigenvalue weighted by Gasteiger charge is 2.49. The standard InChI is InChI=1S/C26H26O6/c1-4-5-11-26-15-17-12-20(28-2)21(29-3)13-18(17)24(32-26)23-22(31-26)14-19(30-25(23)27)16-9-7-6-8-10-16/h6-10,12-14,24H,4-5,11,15H2,1-3H3/t24-,26+/m0/s1. The van der Waals surface area contributed by atoms with Crippen LogP contribution in [-0.4, -0.2) is 20.0 Å². The van der Waals surface area contributed by atoms with Crippen LogP contribution in [0.2, 0.25) is 0 Å². The van der Waals surface area contributed by atoms with Crippen molar-refractivity contribution in [1.82, 2.24) is 0 Å². The first-order chi connectivity index (χ1) is 15.6. The van der Waals surface area contributed by atoms with Crippen LogP contribution in [0.15, 0.2) is 57.7 Å². The zero-order chi connectivity index (χ0) is 22.3. The Labute approximate surface area is 186 Å². The molecule has 1 aromatic heterocycles. The minimum Gasteiger partial charge on any atom is -0.493 e. The first-order valence-electron chi connectivity index (χ1n) is 10.9. The van der Waals surface area contributed by atoms with E-state index in [0.29, 0.717) is 41.4 Å². The second kappa shape index (κ2) is 8.02. The van der Waals surface area contributed by atoms with Crippen molar-refractivity contribution in [3.63, 3.8) is 0 Å². The number of fused-ring (bicyclic) bond motifs is 6. The monoisotopic (exact) mass is 434 g/mol. The zero-order valence-electron chi connectivity index (χ0n) is 18.5. The van der Waals surface area contributed by atoms with Gasteiger partial charge in [-0.3, -0.25) is 0 Å². The number of rotatable bonds is 6. The van der Waals surface area contributed by atoms with E-state index in [9.17, 15) is 4.79 Å². The van der Waals surface area contributed by atoms with Gasteiger partial charge in [-0.25, -0.2) is 4.79 Å². The quantitative estimate of drug-likeness (QED) is 0.527. The van der Waals surface area contributed by atoms with Gasteiger partial charge in [0, 0.05) is 24.5 Å². The molecule has 0 amide bonds. The molecular formula is C26H26O6. The number of benzene rings is 2. The van der Waals surface area contributed by atoms with Crippen LogP contribution in [0.5, 0.6) is 17.2 Å². The predicted octanol–water partition coefficient (Wildman–Crippen LogP) is 5.27. The van der Waals surface area contributed by atoms with E-state index >= 15 is 0 Å². The van der Waals surface area contributed by atoms with Crippen LogP contribution >= 0.6 is 0 Å². The van der Waals surface area contributed by atoms with E-state index in [2.05, 4.69) is 6.92 Å². The van der Waals surface area contributed by atoms with Gasteiger partial charge in [0.25, 0.3) is 0 Å². The lowest BCUT2D eigenvalue weighted by Gasteiger charge is -2.46. The SMILES string of the molecule is CCCC[C@]12Cc3cc(OC)c(OC)cc3[C@H](O1)c1c(cc(-c3ccccc3)oc1=O)O2. The van der Waals surface area contributed by atoms with Gasteiger partial charge in [0.2, 0.25) is 5.79 Å². The molecule has 0 fully saturated rings. The van der Waals surface area contributed by atoms with Gasteiger partial charge in [-0.15, -0.1) is 0 Å². The third kappa shape index (κ3) is 3.35. The number of ether oxygens (including phenoxy) is 4. The normalized spacial score (nSPS) is 20.7. The molecule has 5 rings (SSSR count). The minimum atomic E-state index is -0.845. The summed E-state index contributed by atoms with van der Waals surface area (Å²) < 4.78 is 29.7. The van der Waals surface area contributed by atoms with E-state index in [1.807, 2.05) is 48.5 Å². The van der Waals surface area contributed by atoms with Crippen molar-refractivity contribution in [1.29, 1.82) is 0 Å². The molecule has 6 nitrogen and oxygen atoms in total. The van der Waals surface area contributed by atoms with Crippen molar-refractivity contribution in [2.45, 2.75) is 44.5 Å². The van der Waals surface area contributed by atoms with Crippen LogP contribution in [0, 0.1) is 0 Å². The largest absolute Gasteiger partial charge is 0.493 e. The maximum absolute atomic E-state index is 13.2. The van der Waals surface area contributed by atoms with Crippen molar-refractivity contribution in [3.05, 3.63) is 75.6 Å². The molecule has 0 radical (unpaired) electrons. The average molecular weight is 434 g/mol. The van der Waals surface area contributed by atoms with Crippen molar-refractivity contribution >= 4 is 0 Å². The molecule has 32 heavy (non-hydrogen) atoms. The number of methoxy groups -OCH3 is 2. The second-order valence-corrected chi connectivity index (χ2v) is 8.24. The third-order valence-corrected chi connectivity index (χ3v) is 6.20. The Bertz CT molecular complexity index is 1200. The van der Waals surface area contributed by atoms with Crippen LogP contribution in [0.25, 0.3) is 11.3 Å². The Hall–Kier alpha value is -3.25. The Morgan fingerprint density at radius 3 is 2.53 bits per heavy atom. The number of unbranched alkanes of at least 4 members (excludes halogenated alkanes) is 1. The Balaban J connectivity index is 1.69. The van der Waals surface area contributed by atoms with E-state index in [0.717, 1.165) is 29.5 Å². The summed E-state index contributed by atoms with van der Waals surface area (Å²) in [6.07, 6.45) is 2.63.